The molecule has 0 unspecified atom stereocenters. The standard InChI is InChI=1S/C21H39N3O4/c1-7-16(25)15(9-8-12-23-20(22)28)13-17(26)19(14(2)3)24-18(27)10-11-21(4,5)6/h14-15,19H,7-13H2,1-6H3,(H,24,27)(H3,22,23,28)/t15-,19+/m1/s1. The van der Waals surface area contributed by atoms with Crippen LogP contribution in [0.4, 0.5) is 4.79 Å². The molecule has 0 aromatic carbocycles. The fraction of sp³-hybridized carbons (Fsp3) is 0.810. The molecule has 0 fully saturated rings. The number of rotatable bonds is 13. The van der Waals surface area contributed by atoms with Crippen LogP contribution in [0, 0.1) is 17.3 Å². The van der Waals surface area contributed by atoms with Crippen LogP contribution in [0.25, 0.3) is 0 Å². The van der Waals surface area contributed by atoms with Gasteiger partial charge in [-0.25, -0.2) is 4.79 Å². The van der Waals surface area contributed by atoms with E-state index in [0.717, 1.165) is 6.42 Å². The summed E-state index contributed by atoms with van der Waals surface area (Å²) < 4.78 is 0. The summed E-state index contributed by atoms with van der Waals surface area (Å²) in [5.41, 5.74) is 5.08. The van der Waals surface area contributed by atoms with Gasteiger partial charge in [-0.05, 0) is 30.6 Å². The van der Waals surface area contributed by atoms with Crippen molar-refractivity contribution in [3.8, 4) is 0 Å². The molecule has 7 heteroatoms. The highest BCUT2D eigenvalue weighted by Crippen LogP contribution is 2.21. The molecular weight excluding hydrogens is 358 g/mol. The first-order valence-electron chi connectivity index (χ1n) is 10.3. The highest BCUT2D eigenvalue weighted by Gasteiger charge is 2.28. The predicted molar refractivity (Wildman–Crippen MR) is 111 cm³/mol. The van der Waals surface area contributed by atoms with Crippen molar-refractivity contribution in [3.63, 3.8) is 0 Å². The van der Waals surface area contributed by atoms with Gasteiger partial charge < -0.3 is 16.4 Å². The molecule has 7 nitrogen and oxygen atoms in total. The van der Waals surface area contributed by atoms with Crippen LogP contribution < -0.4 is 16.4 Å². The lowest BCUT2D eigenvalue weighted by Crippen LogP contribution is -2.45. The van der Waals surface area contributed by atoms with Crippen molar-refractivity contribution < 1.29 is 19.2 Å². The number of nitrogens with two attached hydrogens (primary N) is 1. The molecule has 0 aliphatic carbocycles. The van der Waals surface area contributed by atoms with Gasteiger partial charge in [0.1, 0.15) is 5.78 Å². The van der Waals surface area contributed by atoms with Gasteiger partial charge in [0.2, 0.25) is 5.91 Å². The van der Waals surface area contributed by atoms with Crippen molar-refractivity contribution in [2.75, 3.05) is 6.54 Å². The first kappa shape index (κ1) is 26.1. The zero-order valence-electron chi connectivity index (χ0n) is 18.4. The van der Waals surface area contributed by atoms with Gasteiger partial charge in [0.25, 0.3) is 0 Å². The van der Waals surface area contributed by atoms with E-state index in [-0.39, 0.29) is 35.2 Å². The molecule has 0 saturated carbocycles. The molecule has 0 aromatic heterocycles. The summed E-state index contributed by atoms with van der Waals surface area (Å²) in [6.07, 6.45) is 2.63. The fourth-order valence-corrected chi connectivity index (χ4v) is 2.95. The number of ketones is 2. The fourth-order valence-electron chi connectivity index (χ4n) is 2.95. The third-order valence-corrected chi connectivity index (χ3v) is 4.71. The van der Waals surface area contributed by atoms with Gasteiger partial charge in [-0.15, -0.1) is 0 Å². The SMILES string of the molecule is CCC(=O)[C@H](CCCNC(N)=O)CC(=O)[C@@H](NC(=O)CCC(C)(C)C)C(C)C. The van der Waals surface area contributed by atoms with Gasteiger partial charge in [0.15, 0.2) is 5.78 Å². The van der Waals surface area contributed by atoms with Gasteiger partial charge in [0.05, 0.1) is 6.04 Å². The minimum absolute atomic E-state index is 0.0222. The Morgan fingerprint density at radius 1 is 1.04 bits per heavy atom. The average molecular weight is 398 g/mol. The number of Topliss-reactive ketones (excluding diaryl/α,β-unsaturated/α-hetero) is 2. The smallest absolute Gasteiger partial charge is 0.312 e. The largest absolute Gasteiger partial charge is 0.352 e. The van der Waals surface area contributed by atoms with Gasteiger partial charge in [-0.3, -0.25) is 14.4 Å². The van der Waals surface area contributed by atoms with E-state index in [1.807, 2.05) is 13.8 Å². The lowest BCUT2D eigenvalue weighted by molar-refractivity contribution is -0.132. The summed E-state index contributed by atoms with van der Waals surface area (Å²) in [5, 5.41) is 5.35. The van der Waals surface area contributed by atoms with Gasteiger partial charge in [-0.1, -0.05) is 41.5 Å². The molecule has 162 valence electrons. The molecule has 0 radical (unpaired) electrons. The predicted octanol–water partition coefficient (Wildman–Crippen LogP) is 2.96. The molecule has 3 amide bonds. The topological polar surface area (TPSA) is 118 Å². The van der Waals surface area contributed by atoms with E-state index in [0.29, 0.717) is 32.2 Å². The Morgan fingerprint density at radius 2 is 1.64 bits per heavy atom. The van der Waals surface area contributed by atoms with Crippen molar-refractivity contribution in [2.24, 2.45) is 23.0 Å². The number of primary amides is 1. The molecule has 2 atom stereocenters. The van der Waals surface area contributed by atoms with E-state index in [1.165, 1.54) is 0 Å². The summed E-state index contributed by atoms with van der Waals surface area (Å²) in [6, 6.07) is -1.20. The minimum atomic E-state index is -0.604. The number of nitrogens with one attached hydrogen (secondary N) is 2. The van der Waals surface area contributed by atoms with Crippen molar-refractivity contribution in [3.05, 3.63) is 0 Å². The molecular formula is C21H39N3O4. The molecule has 0 heterocycles. The molecule has 4 N–H and O–H groups in total. The summed E-state index contributed by atoms with van der Waals surface area (Å²) in [6.45, 7) is 12.1. The average Bonchev–Trinajstić information content (AvgIpc) is 2.58. The van der Waals surface area contributed by atoms with E-state index < -0.39 is 18.0 Å². The molecule has 0 spiro atoms. The van der Waals surface area contributed by atoms with Crippen LogP contribution in [-0.2, 0) is 14.4 Å². The zero-order valence-corrected chi connectivity index (χ0v) is 18.4. The van der Waals surface area contributed by atoms with Crippen molar-refractivity contribution in [1.29, 1.82) is 0 Å². The number of hydrogen-bond acceptors (Lipinski definition) is 4. The highest BCUT2D eigenvalue weighted by molar-refractivity contribution is 5.93. The molecule has 0 aromatic rings. The second-order valence-electron chi connectivity index (χ2n) is 8.97. The molecule has 0 rings (SSSR count). The Labute approximate surface area is 169 Å². The normalized spacial score (nSPS) is 13.7. The van der Waals surface area contributed by atoms with Crippen molar-refractivity contribution in [1.82, 2.24) is 10.6 Å². The number of carbonyl (C=O) groups is 4. The maximum absolute atomic E-state index is 12.8. The van der Waals surface area contributed by atoms with E-state index in [4.69, 9.17) is 5.73 Å². The monoisotopic (exact) mass is 397 g/mol. The Kier molecular flexibility index (Phi) is 11.7. The van der Waals surface area contributed by atoms with Crippen LogP contribution in [0.15, 0.2) is 0 Å². The Hall–Kier alpha value is -1.92. The number of urea groups is 1. The van der Waals surface area contributed by atoms with Crippen LogP contribution in [0.2, 0.25) is 0 Å². The van der Waals surface area contributed by atoms with Gasteiger partial charge in [0, 0.05) is 31.7 Å². The van der Waals surface area contributed by atoms with Crippen LogP contribution in [-0.4, -0.2) is 36.1 Å². The first-order valence-corrected chi connectivity index (χ1v) is 10.3. The van der Waals surface area contributed by atoms with Crippen LogP contribution >= 0.6 is 0 Å². The van der Waals surface area contributed by atoms with Gasteiger partial charge in [-0.2, -0.15) is 0 Å². The third kappa shape index (κ3) is 11.7. The molecule has 0 bridgehead atoms. The molecule has 0 aliphatic rings. The van der Waals surface area contributed by atoms with E-state index >= 15 is 0 Å². The van der Waals surface area contributed by atoms with Crippen LogP contribution in [0.3, 0.4) is 0 Å². The quantitative estimate of drug-likeness (QED) is 0.414. The first-order chi connectivity index (χ1) is 12.9. The maximum Gasteiger partial charge on any atom is 0.312 e. The van der Waals surface area contributed by atoms with E-state index in [1.54, 1.807) is 6.92 Å². The molecule has 0 aliphatic heterocycles. The van der Waals surface area contributed by atoms with Crippen LogP contribution in [0.1, 0.15) is 80.1 Å². The lowest BCUT2D eigenvalue weighted by Gasteiger charge is -2.24. The number of hydrogen-bond donors (Lipinski definition) is 3. The third-order valence-electron chi connectivity index (χ3n) is 4.71. The maximum atomic E-state index is 12.8. The Bertz CT molecular complexity index is 538. The summed E-state index contributed by atoms with van der Waals surface area (Å²) in [7, 11) is 0. The Morgan fingerprint density at radius 3 is 2.11 bits per heavy atom. The molecule has 28 heavy (non-hydrogen) atoms. The van der Waals surface area contributed by atoms with Crippen molar-refractivity contribution >= 4 is 23.5 Å². The molecule has 0 saturated heterocycles. The zero-order chi connectivity index (χ0) is 21.9. The second kappa shape index (κ2) is 12.5. The summed E-state index contributed by atoms with van der Waals surface area (Å²) in [4.78, 5) is 48.1. The second-order valence-corrected chi connectivity index (χ2v) is 8.97. The minimum Gasteiger partial charge on any atom is -0.352 e. The lowest BCUT2D eigenvalue weighted by atomic mass is 9.86. The van der Waals surface area contributed by atoms with Crippen LogP contribution in [0.5, 0.6) is 0 Å². The summed E-state index contributed by atoms with van der Waals surface area (Å²) >= 11 is 0. The van der Waals surface area contributed by atoms with Crippen molar-refractivity contribution in [2.45, 2.75) is 86.1 Å². The summed E-state index contributed by atoms with van der Waals surface area (Å²) in [5.74, 6) is -0.686. The number of carbonyl (C=O) groups excluding carboxylic acids is 4. The Balaban J connectivity index is 4.87. The number of amides is 3. The van der Waals surface area contributed by atoms with Gasteiger partial charge >= 0.3 is 6.03 Å². The highest BCUT2D eigenvalue weighted by atomic mass is 16.2. The van der Waals surface area contributed by atoms with E-state index in [2.05, 4.69) is 31.4 Å². The van der Waals surface area contributed by atoms with E-state index in [9.17, 15) is 19.2 Å².